The van der Waals surface area contributed by atoms with Crippen molar-refractivity contribution in [2.24, 2.45) is 5.92 Å². The first kappa shape index (κ1) is 19.9. The van der Waals surface area contributed by atoms with Crippen molar-refractivity contribution in [2.45, 2.75) is 70.3 Å². The predicted octanol–water partition coefficient (Wildman–Crippen LogP) is 3.52. The maximum atomic E-state index is 12.6. The van der Waals surface area contributed by atoms with Crippen molar-refractivity contribution in [2.75, 3.05) is 44.6 Å². The van der Waals surface area contributed by atoms with Crippen molar-refractivity contribution in [3.05, 3.63) is 12.3 Å². The van der Waals surface area contributed by atoms with Crippen LogP contribution in [0.25, 0.3) is 0 Å². The van der Waals surface area contributed by atoms with Gasteiger partial charge in [-0.3, -0.25) is 9.69 Å². The Balaban J connectivity index is 1.19. The average molecular weight is 388 g/mol. The summed E-state index contributed by atoms with van der Waals surface area (Å²) < 4.78 is 2.03. The fraction of sp³-hybridized carbons (Fsp3) is 0.818. The van der Waals surface area contributed by atoms with Gasteiger partial charge >= 0.3 is 0 Å². The topological polar surface area (TPSA) is 53.4 Å². The van der Waals surface area contributed by atoms with Gasteiger partial charge in [0.15, 0.2) is 0 Å². The van der Waals surface area contributed by atoms with E-state index in [9.17, 15) is 4.79 Å². The van der Waals surface area contributed by atoms with Crippen molar-refractivity contribution in [1.82, 2.24) is 19.6 Å². The number of hydrogen-bond acceptors (Lipinski definition) is 4. The number of hydrogen-bond donors (Lipinski definition) is 1. The van der Waals surface area contributed by atoms with Gasteiger partial charge in [-0.05, 0) is 70.6 Å². The molecule has 2 aliphatic heterocycles. The fourth-order valence-electron chi connectivity index (χ4n) is 5.25. The lowest BCUT2D eigenvalue weighted by Gasteiger charge is -2.34. The smallest absolute Gasteiger partial charge is 0.239 e. The third-order valence-electron chi connectivity index (χ3n) is 6.90. The van der Waals surface area contributed by atoms with Crippen molar-refractivity contribution in [1.29, 1.82) is 0 Å². The van der Waals surface area contributed by atoms with Crippen LogP contribution in [-0.2, 0) is 4.79 Å². The molecule has 1 saturated carbocycles. The van der Waals surface area contributed by atoms with Crippen molar-refractivity contribution < 1.29 is 4.79 Å². The van der Waals surface area contributed by atoms with Crippen LogP contribution in [0.2, 0.25) is 0 Å². The molecule has 0 bridgehead atoms. The van der Waals surface area contributed by atoms with E-state index in [1.165, 1.54) is 83.8 Å². The predicted molar refractivity (Wildman–Crippen MR) is 112 cm³/mol. The van der Waals surface area contributed by atoms with Gasteiger partial charge in [-0.25, -0.2) is 4.68 Å². The molecule has 6 heteroatoms. The maximum Gasteiger partial charge on any atom is 0.239 e. The molecule has 0 atom stereocenters. The monoisotopic (exact) mass is 387 g/mol. The number of carbonyl (C=O) groups is 1. The van der Waals surface area contributed by atoms with Crippen LogP contribution < -0.4 is 5.32 Å². The summed E-state index contributed by atoms with van der Waals surface area (Å²) in [6, 6.07) is 2.39. The van der Waals surface area contributed by atoms with Crippen molar-refractivity contribution in [3.8, 4) is 0 Å². The number of rotatable bonds is 6. The molecule has 156 valence electrons. The largest absolute Gasteiger partial charge is 0.310 e. The normalized spacial score (nSPS) is 23.7. The molecule has 3 heterocycles. The van der Waals surface area contributed by atoms with Gasteiger partial charge in [0.1, 0.15) is 5.82 Å². The number of nitrogens with one attached hydrogen (secondary N) is 1. The molecule has 4 rings (SSSR count). The summed E-state index contributed by atoms with van der Waals surface area (Å²) in [5.74, 6) is 1.78. The molecule has 0 spiro atoms. The summed E-state index contributed by atoms with van der Waals surface area (Å²) in [5.41, 5.74) is 0. The number of piperidine rings is 1. The first-order chi connectivity index (χ1) is 13.8. The highest BCUT2D eigenvalue weighted by Crippen LogP contribution is 2.31. The highest BCUT2D eigenvalue weighted by Gasteiger charge is 2.24. The maximum absolute atomic E-state index is 12.6. The molecule has 6 nitrogen and oxygen atoms in total. The fourth-order valence-corrected chi connectivity index (χ4v) is 5.25. The van der Waals surface area contributed by atoms with E-state index in [-0.39, 0.29) is 5.91 Å². The van der Waals surface area contributed by atoms with E-state index in [0.29, 0.717) is 12.6 Å². The van der Waals surface area contributed by atoms with E-state index in [0.717, 1.165) is 24.8 Å². The Morgan fingerprint density at radius 2 is 1.64 bits per heavy atom. The molecule has 1 N–H and O–H groups in total. The van der Waals surface area contributed by atoms with Gasteiger partial charge in [0.05, 0.1) is 18.8 Å². The number of likely N-dealkylation sites (tertiary alicyclic amines) is 2. The summed E-state index contributed by atoms with van der Waals surface area (Å²) in [4.78, 5) is 17.6. The molecule has 3 aliphatic rings. The minimum absolute atomic E-state index is 0.103. The van der Waals surface area contributed by atoms with Gasteiger partial charge in [0, 0.05) is 12.6 Å². The average Bonchev–Trinajstić information content (AvgIpc) is 3.31. The number of anilines is 1. The van der Waals surface area contributed by atoms with E-state index >= 15 is 0 Å². The highest BCUT2D eigenvalue weighted by atomic mass is 16.2. The molecular formula is C22H37N5O. The van der Waals surface area contributed by atoms with Gasteiger partial charge in [0.25, 0.3) is 0 Å². The summed E-state index contributed by atoms with van der Waals surface area (Å²) in [6.07, 6.45) is 14.7. The lowest BCUT2D eigenvalue weighted by Crippen LogP contribution is -2.42. The Morgan fingerprint density at radius 3 is 2.36 bits per heavy atom. The van der Waals surface area contributed by atoms with E-state index in [4.69, 9.17) is 0 Å². The molecule has 3 fully saturated rings. The van der Waals surface area contributed by atoms with Crippen LogP contribution in [0.15, 0.2) is 12.3 Å². The summed E-state index contributed by atoms with van der Waals surface area (Å²) in [6.45, 7) is 6.45. The minimum Gasteiger partial charge on any atom is -0.310 e. The van der Waals surface area contributed by atoms with Crippen LogP contribution >= 0.6 is 0 Å². The van der Waals surface area contributed by atoms with E-state index < -0.39 is 0 Å². The molecular weight excluding hydrogens is 350 g/mol. The number of carbonyl (C=O) groups excluding carboxylic acids is 1. The number of amides is 1. The van der Waals surface area contributed by atoms with Crippen LogP contribution in [0, 0.1) is 5.92 Å². The second-order valence-electron chi connectivity index (χ2n) is 9.08. The van der Waals surface area contributed by atoms with Gasteiger partial charge in [-0.15, -0.1) is 0 Å². The molecule has 2 saturated heterocycles. The lowest BCUT2D eigenvalue weighted by molar-refractivity contribution is -0.117. The van der Waals surface area contributed by atoms with Crippen molar-refractivity contribution >= 4 is 11.7 Å². The van der Waals surface area contributed by atoms with Crippen LogP contribution in [0.4, 0.5) is 5.82 Å². The van der Waals surface area contributed by atoms with Gasteiger partial charge in [0.2, 0.25) is 5.91 Å². The lowest BCUT2D eigenvalue weighted by atomic mass is 9.96. The number of aromatic nitrogens is 2. The Kier molecular flexibility index (Phi) is 7.02. The molecule has 28 heavy (non-hydrogen) atoms. The zero-order valence-corrected chi connectivity index (χ0v) is 17.3. The Morgan fingerprint density at radius 1 is 0.929 bits per heavy atom. The van der Waals surface area contributed by atoms with Gasteiger partial charge in [-0.1, -0.05) is 25.7 Å². The van der Waals surface area contributed by atoms with E-state index in [1.807, 2.05) is 16.9 Å². The first-order valence-electron chi connectivity index (χ1n) is 11.6. The summed E-state index contributed by atoms with van der Waals surface area (Å²) in [7, 11) is 0. The highest BCUT2D eigenvalue weighted by molar-refractivity contribution is 5.91. The Bertz CT molecular complexity index is 608. The van der Waals surface area contributed by atoms with E-state index in [2.05, 4.69) is 20.2 Å². The SMILES string of the molecule is O=C(CN1CCC(CN2CCCCCC2)CC1)Nc1ccnn1C1CCCC1. The van der Waals surface area contributed by atoms with Crippen LogP contribution in [-0.4, -0.2) is 64.8 Å². The molecule has 1 aliphatic carbocycles. The van der Waals surface area contributed by atoms with E-state index in [1.54, 1.807) is 0 Å². The van der Waals surface area contributed by atoms with Crippen molar-refractivity contribution in [3.63, 3.8) is 0 Å². The molecule has 0 radical (unpaired) electrons. The van der Waals surface area contributed by atoms with Gasteiger partial charge in [-0.2, -0.15) is 5.10 Å². The van der Waals surface area contributed by atoms with Gasteiger partial charge < -0.3 is 10.2 Å². The zero-order chi connectivity index (χ0) is 19.2. The summed E-state index contributed by atoms with van der Waals surface area (Å²) >= 11 is 0. The minimum atomic E-state index is 0.103. The molecule has 1 amide bonds. The molecule has 1 aromatic heterocycles. The van der Waals surface area contributed by atoms with Crippen LogP contribution in [0.3, 0.4) is 0 Å². The quantitative estimate of drug-likeness (QED) is 0.811. The zero-order valence-electron chi connectivity index (χ0n) is 17.3. The van der Waals surface area contributed by atoms with Crippen LogP contribution in [0.5, 0.6) is 0 Å². The van der Waals surface area contributed by atoms with Crippen LogP contribution in [0.1, 0.15) is 70.3 Å². The Hall–Kier alpha value is -1.40. The summed E-state index contributed by atoms with van der Waals surface area (Å²) in [5, 5.41) is 7.56. The second kappa shape index (κ2) is 9.88. The number of nitrogens with zero attached hydrogens (tertiary/aromatic N) is 4. The Labute approximate surface area is 169 Å². The third kappa shape index (κ3) is 5.35. The standard InChI is InChI=1S/C22H37N5O/c28-22(24-21-9-12-23-27(21)20-7-3-4-8-20)18-26-15-10-19(11-16-26)17-25-13-5-1-2-6-14-25/h9,12,19-20H,1-8,10-11,13-18H2,(H,24,28). The first-order valence-corrected chi connectivity index (χ1v) is 11.6. The second-order valence-corrected chi connectivity index (χ2v) is 9.08. The molecule has 0 unspecified atom stereocenters. The third-order valence-corrected chi connectivity index (χ3v) is 6.90. The molecule has 1 aromatic rings. The molecule has 0 aromatic carbocycles.